The largest absolute Gasteiger partial charge is 0.466 e. The van der Waals surface area contributed by atoms with Gasteiger partial charge in [0, 0.05) is 14.2 Å². The molecule has 0 aromatic rings. The molecule has 0 amide bonds. The fourth-order valence-electron chi connectivity index (χ4n) is 10.2. The fourth-order valence-corrected chi connectivity index (χ4v) is 10.2. The van der Waals surface area contributed by atoms with E-state index in [1.165, 1.54) is 13.0 Å². The molecule has 4 aliphatic carbocycles. The molecule has 12 atom stereocenters. The maximum atomic E-state index is 14.0. The number of allylic oxidation sites excluding steroid dienone is 2. The minimum atomic E-state index is -4.51. The minimum absolute atomic E-state index is 0.0216. The summed E-state index contributed by atoms with van der Waals surface area (Å²) < 4.78 is 70.0. The Hall–Kier alpha value is -1.16. The van der Waals surface area contributed by atoms with Crippen molar-refractivity contribution in [2.45, 2.75) is 104 Å². The third-order valence-electron chi connectivity index (χ3n) is 12.3. The summed E-state index contributed by atoms with van der Waals surface area (Å²) in [5, 5.41) is 0. The van der Waals surface area contributed by atoms with Crippen molar-refractivity contribution in [3.63, 3.8) is 0 Å². The van der Waals surface area contributed by atoms with Gasteiger partial charge < -0.3 is 23.7 Å². The molecule has 248 valence electrons. The Labute approximate surface area is 256 Å². The molecule has 0 N–H and O–H groups in total. The number of hydrogen-bond acceptors (Lipinski definition) is 6. The van der Waals surface area contributed by atoms with E-state index in [4.69, 9.17) is 23.7 Å². The van der Waals surface area contributed by atoms with Gasteiger partial charge in [0.1, 0.15) is 13.6 Å². The van der Waals surface area contributed by atoms with E-state index in [2.05, 4.69) is 20.8 Å². The van der Waals surface area contributed by atoms with Crippen LogP contribution < -0.4 is 0 Å². The minimum Gasteiger partial charge on any atom is -0.466 e. The van der Waals surface area contributed by atoms with E-state index in [-0.39, 0.29) is 42.4 Å². The van der Waals surface area contributed by atoms with Crippen LogP contribution in [0.2, 0.25) is 0 Å². The maximum absolute atomic E-state index is 14.0. The molecule has 4 rings (SSSR count). The van der Waals surface area contributed by atoms with Crippen LogP contribution in [0.3, 0.4) is 0 Å². The Bertz CT molecular complexity index is 957. The molecule has 4 saturated carbocycles. The number of carbonyl (C=O) groups is 1. The molecule has 0 bridgehead atoms. The van der Waals surface area contributed by atoms with E-state index in [0.29, 0.717) is 36.4 Å². The van der Waals surface area contributed by atoms with Crippen molar-refractivity contribution in [3.8, 4) is 0 Å². The lowest BCUT2D eigenvalue weighted by molar-refractivity contribution is -0.213. The summed E-state index contributed by atoms with van der Waals surface area (Å²) in [4.78, 5) is 12.2. The highest BCUT2D eigenvalue weighted by Crippen LogP contribution is 2.68. The van der Waals surface area contributed by atoms with Crippen LogP contribution in [-0.2, 0) is 28.5 Å². The van der Waals surface area contributed by atoms with Gasteiger partial charge in [0.25, 0.3) is 0 Å². The average molecular weight is 617 g/mol. The van der Waals surface area contributed by atoms with E-state index >= 15 is 0 Å². The van der Waals surface area contributed by atoms with E-state index in [1.807, 2.05) is 0 Å². The van der Waals surface area contributed by atoms with Crippen molar-refractivity contribution in [3.05, 3.63) is 12.2 Å². The van der Waals surface area contributed by atoms with Gasteiger partial charge >= 0.3 is 12.1 Å². The highest BCUT2D eigenvalue weighted by Gasteiger charge is 2.63. The number of ether oxygens (including phenoxy) is 5. The number of methoxy groups -OCH3 is 2. The van der Waals surface area contributed by atoms with Crippen LogP contribution in [-0.4, -0.2) is 58.8 Å². The predicted octanol–water partition coefficient (Wildman–Crippen LogP) is 7.80. The Balaban J connectivity index is 1.53. The van der Waals surface area contributed by atoms with Crippen molar-refractivity contribution in [1.82, 2.24) is 0 Å². The highest BCUT2D eigenvalue weighted by atomic mass is 19.4. The van der Waals surface area contributed by atoms with Crippen LogP contribution in [0.5, 0.6) is 0 Å². The molecule has 0 radical (unpaired) electrons. The molecule has 0 heterocycles. The summed E-state index contributed by atoms with van der Waals surface area (Å²) in [5.74, 6) is -1.64. The normalized spacial score (nSPS) is 39.9. The molecular weight excluding hydrogens is 561 g/mol. The monoisotopic (exact) mass is 616 g/mol. The second kappa shape index (κ2) is 14.1. The lowest BCUT2D eigenvalue weighted by Crippen LogP contribution is -2.59. The van der Waals surface area contributed by atoms with Gasteiger partial charge in [0.2, 0.25) is 0 Å². The number of esters is 1. The second-order valence-corrected chi connectivity index (χ2v) is 14.4. The number of fused-ring (bicyclic) bond motifs is 5. The van der Waals surface area contributed by atoms with Crippen LogP contribution in [0, 0.1) is 58.2 Å². The summed E-state index contributed by atoms with van der Waals surface area (Å²) in [6, 6.07) is 0. The SMILES string of the molecule is CCOC(=O)[C@@H](C)[C@H](/C=C/[C@@H](C)[C@H]1CC[C@H]2[C@@H]3C[C@H](OCOC)[C@@H]4C[C@H](OCOC)CC[C@]4(C)[C@H]3CC[C@]12C)C(F)(F)F. The highest BCUT2D eigenvalue weighted by molar-refractivity contribution is 5.72. The van der Waals surface area contributed by atoms with Crippen LogP contribution in [0.4, 0.5) is 13.2 Å². The van der Waals surface area contributed by atoms with Crippen molar-refractivity contribution in [1.29, 1.82) is 0 Å². The molecule has 0 saturated heterocycles. The summed E-state index contributed by atoms with van der Waals surface area (Å²) in [7, 11) is 3.33. The number of carbonyl (C=O) groups excluding carboxylic acids is 1. The summed E-state index contributed by atoms with van der Waals surface area (Å²) >= 11 is 0. The first kappa shape index (κ1) is 34.7. The Morgan fingerprint density at radius 1 is 0.884 bits per heavy atom. The summed E-state index contributed by atoms with van der Waals surface area (Å²) in [6.45, 7) is 10.5. The molecule has 6 nitrogen and oxygen atoms in total. The van der Waals surface area contributed by atoms with Gasteiger partial charge in [0.15, 0.2) is 0 Å². The Kier molecular flexibility index (Phi) is 11.4. The molecule has 0 aromatic heterocycles. The van der Waals surface area contributed by atoms with E-state index in [0.717, 1.165) is 51.4 Å². The molecule has 0 aromatic carbocycles. The van der Waals surface area contributed by atoms with Crippen molar-refractivity contribution in [2.75, 3.05) is 34.4 Å². The zero-order valence-corrected chi connectivity index (χ0v) is 27.3. The first-order valence-electron chi connectivity index (χ1n) is 16.4. The molecule has 0 spiro atoms. The second-order valence-electron chi connectivity index (χ2n) is 14.4. The van der Waals surface area contributed by atoms with E-state index < -0.39 is 24.0 Å². The third-order valence-corrected chi connectivity index (χ3v) is 12.3. The van der Waals surface area contributed by atoms with Gasteiger partial charge in [-0.1, -0.05) is 39.8 Å². The summed E-state index contributed by atoms with van der Waals surface area (Å²) in [5.41, 5.74) is 0.210. The van der Waals surface area contributed by atoms with Crippen LogP contribution in [0.1, 0.15) is 86.0 Å². The summed E-state index contributed by atoms with van der Waals surface area (Å²) in [6.07, 6.45) is 7.16. The molecule has 9 heteroatoms. The van der Waals surface area contributed by atoms with Crippen LogP contribution in [0.15, 0.2) is 12.2 Å². The van der Waals surface area contributed by atoms with E-state index in [9.17, 15) is 18.0 Å². The van der Waals surface area contributed by atoms with Gasteiger partial charge in [-0.05, 0) is 105 Å². The Morgan fingerprint density at radius 2 is 1.53 bits per heavy atom. The standard InChI is InChI=1S/C34H55F3O6/c1-8-41-31(38)22(3)26(34(35,36)37)10-9-21(2)25-11-12-27-24-18-30(43-20-40-7)29-17-23(42-19-39-6)13-15-33(29,5)28(24)14-16-32(25,27)4/h9-10,21-30H,8,11-20H2,1-7H3/b10-9+/t21-,22+,23-,24+,25-,26+,27+,28+,29+,30+,32-,33-/m1/s1. The van der Waals surface area contributed by atoms with Crippen LogP contribution in [0.25, 0.3) is 0 Å². The van der Waals surface area contributed by atoms with Gasteiger partial charge in [-0.3, -0.25) is 4.79 Å². The molecule has 43 heavy (non-hydrogen) atoms. The van der Waals surface area contributed by atoms with Crippen LogP contribution >= 0.6 is 0 Å². The van der Waals surface area contributed by atoms with E-state index in [1.54, 1.807) is 27.2 Å². The first-order valence-corrected chi connectivity index (χ1v) is 16.4. The number of alkyl halides is 3. The Morgan fingerprint density at radius 3 is 2.19 bits per heavy atom. The fraction of sp³-hybridized carbons (Fsp3) is 0.912. The number of rotatable bonds is 12. The topological polar surface area (TPSA) is 63.2 Å². The predicted molar refractivity (Wildman–Crippen MR) is 158 cm³/mol. The zero-order chi connectivity index (χ0) is 31.6. The van der Waals surface area contributed by atoms with Crippen molar-refractivity contribution < 1.29 is 41.7 Å². The van der Waals surface area contributed by atoms with Gasteiger partial charge in [-0.2, -0.15) is 13.2 Å². The van der Waals surface area contributed by atoms with Gasteiger partial charge in [-0.25, -0.2) is 0 Å². The molecule has 0 aliphatic heterocycles. The first-order chi connectivity index (χ1) is 20.3. The smallest absolute Gasteiger partial charge is 0.395 e. The third kappa shape index (κ3) is 7.00. The maximum Gasteiger partial charge on any atom is 0.395 e. The average Bonchev–Trinajstić information content (AvgIpc) is 3.31. The zero-order valence-electron chi connectivity index (χ0n) is 27.3. The quantitative estimate of drug-likeness (QED) is 0.127. The number of halogens is 3. The molecule has 4 aliphatic rings. The lowest BCUT2D eigenvalue weighted by atomic mass is 9.43. The molecule has 4 fully saturated rings. The van der Waals surface area contributed by atoms with Gasteiger partial charge in [0.05, 0.1) is 30.7 Å². The lowest BCUT2D eigenvalue weighted by Gasteiger charge is -2.63. The number of hydrogen-bond donors (Lipinski definition) is 0. The molecular formula is C34H55F3O6. The van der Waals surface area contributed by atoms with Crippen molar-refractivity contribution in [2.24, 2.45) is 58.2 Å². The molecule has 0 unspecified atom stereocenters. The van der Waals surface area contributed by atoms with Gasteiger partial charge in [-0.15, -0.1) is 0 Å². The van der Waals surface area contributed by atoms with Crippen molar-refractivity contribution >= 4 is 5.97 Å².